The molecule has 2 aliphatic heterocycles. The van der Waals surface area contributed by atoms with Gasteiger partial charge in [-0.1, -0.05) is 18.2 Å². The molecule has 214 valence electrons. The van der Waals surface area contributed by atoms with Crippen LogP contribution in [-0.4, -0.2) is 74.0 Å². The van der Waals surface area contributed by atoms with Crippen LogP contribution >= 0.6 is 11.3 Å². The number of thiophene rings is 1. The van der Waals surface area contributed by atoms with E-state index >= 15 is 0 Å². The van der Waals surface area contributed by atoms with Gasteiger partial charge in [0, 0.05) is 37.9 Å². The molecule has 0 saturated carbocycles. The predicted octanol–water partition coefficient (Wildman–Crippen LogP) is 2.66. The molecule has 0 spiro atoms. The lowest BCUT2D eigenvalue weighted by molar-refractivity contribution is 0.0942. The minimum atomic E-state index is -0.435. The average Bonchev–Trinajstić information content (AvgIpc) is 3.78. The normalized spacial score (nSPS) is 16.9. The van der Waals surface area contributed by atoms with Crippen LogP contribution < -0.4 is 26.2 Å². The third-order valence-corrected chi connectivity index (χ3v) is 8.70. The molecule has 12 nitrogen and oxygen atoms in total. The van der Waals surface area contributed by atoms with Gasteiger partial charge in [-0.2, -0.15) is 0 Å². The van der Waals surface area contributed by atoms with Gasteiger partial charge >= 0.3 is 0 Å². The molecule has 2 aromatic carbocycles. The van der Waals surface area contributed by atoms with E-state index in [4.69, 9.17) is 10.5 Å². The van der Waals surface area contributed by atoms with Crippen LogP contribution in [0.2, 0.25) is 0 Å². The Balaban J connectivity index is 1.15. The van der Waals surface area contributed by atoms with Gasteiger partial charge in [-0.15, -0.1) is 21.5 Å². The molecule has 1 atom stereocenters. The first-order valence-electron chi connectivity index (χ1n) is 13.8. The van der Waals surface area contributed by atoms with E-state index in [1.54, 1.807) is 18.7 Å². The summed E-state index contributed by atoms with van der Waals surface area (Å²) in [7, 11) is 0. The van der Waals surface area contributed by atoms with E-state index in [0.29, 0.717) is 34.1 Å². The number of nitrogens with one attached hydrogen (secondary N) is 1. The highest BCUT2D eigenvalue weighted by Gasteiger charge is 2.26. The number of anilines is 3. The van der Waals surface area contributed by atoms with E-state index in [9.17, 15) is 9.59 Å². The molecule has 5 aromatic rings. The van der Waals surface area contributed by atoms with Gasteiger partial charge in [0.05, 0.1) is 28.3 Å². The van der Waals surface area contributed by atoms with Crippen molar-refractivity contribution in [3.8, 4) is 11.4 Å². The maximum absolute atomic E-state index is 13.4. The van der Waals surface area contributed by atoms with Crippen molar-refractivity contribution in [2.24, 2.45) is 0 Å². The minimum Gasteiger partial charge on any atom is -0.490 e. The third-order valence-electron chi connectivity index (χ3n) is 7.68. The van der Waals surface area contributed by atoms with Gasteiger partial charge in [-0.25, -0.2) is 4.98 Å². The Morgan fingerprint density at radius 2 is 1.88 bits per heavy atom. The van der Waals surface area contributed by atoms with Crippen molar-refractivity contribution in [2.45, 2.75) is 19.0 Å². The molecule has 0 radical (unpaired) electrons. The summed E-state index contributed by atoms with van der Waals surface area (Å²) in [6.45, 7) is 4.55. The zero-order valence-corrected chi connectivity index (χ0v) is 23.5. The van der Waals surface area contributed by atoms with E-state index in [0.717, 1.165) is 49.7 Å². The number of nitrogens with two attached hydrogens (primary N) is 1. The van der Waals surface area contributed by atoms with Gasteiger partial charge in [0.1, 0.15) is 29.8 Å². The highest BCUT2D eigenvalue weighted by molar-refractivity contribution is 7.20. The molecule has 1 saturated heterocycles. The van der Waals surface area contributed by atoms with Crippen molar-refractivity contribution in [1.82, 2.24) is 34.5 Å². The number of nitrogens with zero attached hydrogens (tertiary/aromatic N) is 7. The fourth-order valence-electron chi connectivity index (χ4n) is 5.59. The van der Waals surface area contributed by atoms with Crippen molar-refractivity contribution in [2.75, 3.05) is 43.4 Å². The summed E-state index contributed by atoms with van der Waals surface area (Å²) in [6.07, 6.45) is 4.27. The number of rotatable bonds is 7. The van der Waals surface area contributed by atoms with Crippen molar-refractivity contribution in [3.63, 3.8) is 0 Å². The Morgan fingerprint density at radius 3 is 2.71 bits per heavy atom. The standard InChI is InChI=1S/C29H29N9O3S/c30-26-29(40)38(21-6-7-24-22(14-21)37(12-13-41-24)20-4-2-1-3-5-20)23-15-25(42-28(23)34-26)27(39)33-19-8-9-35(16-19)10-11-36-17-31-32-18-36/h1-7,14-15,17-19H,8-13,16H2,(H2,30,34)(H,33,39)/t19-/m1/s1. The molecule has 1 fully saturated rings. The molecule has 0 unspecified atom stereocenters. The van der Waals surface area contributed by atoms with E-state index in [-0.39, 0.29) is 17.8 Å². The highest BCUT2D eigenvalue weighted by atomic mass is 32.1. The zero-order chi connectivity index (χ0) is 28.6. The number of hydrogen-bond acceptors (Lipinski definition) is 10. The van der Waals surface area contributed by atoms with Gasteiger partial charge in [0.25, 0.3) is 11.5 Å². The summed E-state index contributed by atoms with van der Waals surface area (Å²) >= 11 is 1.23. The van der Waals surface area contributed by atoms with Crippen LogP contribution in [0.25, 0.3) is 16.0 Å². The first kappa shape index (κ1) is 26.2. The number of aromatic nitrogens is 5. The van der Waals surface area contributed by atoms with Gasteiger partial charge in [-0.05, 0) is 42.8 Å². The van der Waals surface area contributed by atoms with Gasteiger partial charge < -0.3 is 25.3 Å². The Hall–Kier alpha value is -4.75. The maximum atomic E-state index is 13.4. The number of para-hydroxylation sites is 1. The zero-order valence-electron chi connectivity index (χ0n) is 22.7. The molecule has 13 heteroatoms. The Morgan fingerprint density at radius 1 is 1.05 bits per heavy atom. The van der Waals surface area contributed by atoms with Crippen LogP contribution in [0.15, 0.2) is 72.0 Å². The fourth-order valence-corrected chi connectivity index (χ4v) is 6.52. The molecule has 0 bridgehead atoms. The quantitative estimate of drug-likeness (QED) is 0.296. The summed E-state index contributed by atoms with van der Waals surface area (Å²) < 4.78 is 9.39. The summed E-state index contributed by atoms with van der Waals surface area (Å²) in [5.74, 6) is 0.429. The predicted molar refractivity (Wildman–Crippen MR) is 161 cm³/mol. The van der Waals surface area contributed by atoms with Crippen LogP contribution in [0.5, 0.6) is 5.75 Å². The largest absolute Gasteiger partial charge is 0.490 e. The number of benzene rings is 2. The van der Waals surface area contributed by atoms with Gasteiger partial charge in [0.15, 0.2) is 5.82 Å². The lowest BCUT2D eigenvalue weighted by atomic mass is 10.1. The molecule has 5 heterocycles. The van der Waals surface area contributed by atoms with Crippen LogP contribution in [0.4, 0.5) is 17.2 Å². The van der Waals surface area contributed by atoms with Crippen LogP contribution in [0.3, 0.4) is 0 Å². The summed E-state index contributed by atoms with van der Waals surface area (Å²) in [6, 6.07) is 17.4. The number of nitrogen functional groups attached to an aromatic ring is 1. The Kier molecular flexibility index (Phi) is 6.80. The first-order valence-corrected chi connectivity index (χ1v) is 14.6. The smallest absolute Gasteiger partial charge is 0.298 e. The minimum absolute atomic E-state index is 0.0356. The van der Waals surface area contributed by atoms with E-state index in [1.807, 2.05) is 53.1 Å². The number of carbonyl (C=O) groups excluding carboxylic acids is 1. The third kappa shape index (κ3) is 4.97. The molecular weight excluding hydrogens is 554 g/mol. The molecule has 7 rings (SSSR count). The Bertz CT molecular complexity index is 1800. The summed E-state index contributed by atoms with van der Waals surface area (Å²) in [5.41, 5.74) is 8.69. The number of likely N-dealkylation sites (tertiary alicyclic amines) is 1. The van der Waals surface area contributed by atoms with E-state index < -0.39 is 5.56 Å². The second-order valence-electron chi connectivity index (χ2n) is 10.4. The van der Waals surface area contributed by atoms with Crippen molar-refractivity contribution in [1.29, 1.82) is 0 Å². The lowest BCUT2D eigenvalue weighted by Crippen LogP contribution is -2.37. The molecule has 2 aliphatic rings. The number of ether oxygens (including phenoxy) is 1. The number of fused-ring (bicyclic) bond motifs is 2. The van der Waals surface area contributed by atoms with Crippen molar-refractivity contribution < 1.29 is 9.53 Å². The topological polar surface area (TPSA) is 136 Å². The number of amides is 1. The van der Waals surface area contributed by atoms with Gasteiger partial charge in [0.2, 0.25) is 0 Å². The van der Waals surface area contributed by atoms with Crippen LogP contribution in [0.1, 0.15) is 16.1 Å². The first-order chi connectivity index (χ1) is 20.5. The van der Waals surface area contributed by atoms with Crippen LogP contribution in [0, 0.1) is 0 Å². The van der Waals surface area contributed by atoms with Crippen molar-refractivity contribution in [3.05, 3.63) is 82.5 Å². The molecular formula is C29H29N9O3S. The fraction of sp³-hybridized carbons (Fsp3) is 0.276. The SMILES string of the molecule is Nc1nc2sc(C(=O)N[C@@H]3CCN(CCn4cnnc4)C3)cc2n(-c2ccc3c(c2)N(c2ccccc2)CCO3)c1=O. The summed E-state index contributed by atoms with van der Waals surface area (Å²) in [5, 5.41) is 10.8. The van der Waals surface area contributed by atoms with E-state index in [2.05, 4.69) is 30.3 Å². The molecule has 1 amide bonds. The molecule has 42 heavy (non-hydrogen) atoms. The lowest BCUT2D eigenvalue weighted by Gasteiger charge is -2.31. The number of carbonyl (C=O) groups is 1. The average molecular weight is 584 g/mol. The van der Waals surface area contributed by atoms with Crippen LogP contribution in [-0.2, 0) is 6.54 Å². The maximum Gasteiger partial charge on any atom is 0.298 e. The summed E-state index contributed by atoms with van der Waals surface area (Å²) in [4.78, 5) is 36.5. The van der Waals surface area contributed by atoms with Crippen molar-refractivity contribution >= 4 is 44.8 Å². The second-order valence-corrected chi connectivity index (χ2v) is 11.4. The molecule has 3 N–H and O–H groups in total. The van der Waals surface area contributed by atoms with Gasteiger partial charge in [-0.3, -0.25) is 19.1 Å². The Labute approximate surface area is 245 Å². The monoisotopic (exact) mass is 583 g/mol. The molecule has 0 aliphatic carbocycles. The highest BCUT2D eigenvalue weighted by Crippen LogP contribution is 2.38. The number of hydrogen-bond donors (Lipinski definition) is 2. The molecule has 3 aromatic heterocycles. The second kappa shape index (κ2) is 10.9. The van der Waals surface area contributed by atoms with E-state index in [1.165, 1.54) is 15.9 Å².